The Morgan fingerprint density at radius 2 is 2.45 bits per heavy atom. The standard InChI is InChI=1S/C8H12N2O/c1-10-8(11)5-7(9-10)4-6-2-3-6/h5-6,9H,2-4H2,1H3. The van der Waals surface area contributed by atoms with Gasteiger partial charge in [0.2, 0.25) is 0 Å². The first-order valence-electron chi connectivity index (χ1n) is 4.00. The van der Waals surface area contributed by atoms with Crippen LogP contribution < -0.4 is 5.56 Å². The average Bonchev–Trinajstić information content (AvgIpc) is 2.65. The lowest BCUT2D eigenvalue weighted by Gasteiger charge is -1.91. The molecule has 11 heavy (non-hydrogen) atoms. The van der Waals surface area contributed by atoms with Gasteiger partial charge in [-0.25, -0.2) is 0 Å². The second-order valence-electron chi connectivity index (χ2n) is 3.33. The summed E-state index contributed by atoms with van der Waals surface area (Å²) >= 11 is 0. The molecule has 60 valence electrons. The van der Waals surface area contributed by atoms with Crippen LogP contribution in [0.1, 0.15) is 18.5 Å². The van der Waals surface area contributed by atoms with Gasteiger partial charge in [0.05, 0.1) is 0 Å². The van der Waals surface area contributed by atoms with E-state index < -0.39 is 0 Å². The fourth-order valence-corrected chi connectivity index (χ4v) is 1.29. The molecule has 0 aromatic carbocycles. The fraction of sp³-hybridized carbons (Fsp3) is 0.625. The predicted octanol–water partition coefficient (Wildman–Crippen LogP) is 0.666. The van der Waals surface area contributed by atoms with E-state index in [9.17, 15) is 4.79 Å². The van der Waals surface area contributed by atoms with Gasteiger partial charge in [-0.15, -0.1) is 0 Å². The number of rotatable bonds is 2. The average molecular weight is 152 g/mol. The molecule has 0 unspecified atom stereocenters. The van der Waals surface area contributed by atoms with Gasteiger partial charge in [0.15, 0.2) is 0 Å². The van der Waals surface area contributed by atoms with Crippen molar-refractivity contribution in [2.24, 2.45) is 13.0 Å². The topological polar surface area (TPSA) is 37.8 Å². The first kappa shape index (κ1) is 6.70. The molecule has 1 aromatic rings. The van der Waals surface area contributed by atoms with Crippen molar-refractivity contribution in [3.8, 4) is 0 Å². The number of H-pyrrole nitrogens is 1. The molecular weight excluding hydrogens is 140 g/mol. The van der Waals surface area contributed by atoms with Gasteiger partial charge in [-0.05, 0) is 25.2 Å². The van der Waals surface area contributed by atoms with E-state index in [0.29, 0.717) is 0 Å². The summed E-state index contributed by atoms with van der Waals surface area (Å²) < 4.78 is 1.53. The van der Waals surface area contributed by atoms with Crippen LogP contribution in [0.2, 0.25) is 0 Å². The molecule has 3 heteroatoms. The van der Waals surface area contributed by atoms with E-state index in [1.165, 1.54) is 17.5 Å². The van der Waals surface area contributed by atoms with Crippen LogP contribution in [0, 0.1) is 5.92 Å². The maximum Gasteiger partial charge on any atom is 0.266 e. The maximum atomic E-state index is 11.0. The van der Waals surface area contributed by atoms with Crippen LogP contribution >= 0.6 is 0 Å². The minimum absolute atomic E-state index is 0.0700. The van der Waals surface area contributed by atoms with Gasteiger partial charge in [-0.3, -0.25) is 14.6 Å². The van der Waals surface area contributed by atoms with Crippen LogP contribution in [0.15, 0.2) is 10.9 Å². The van der Waals surface area contributed by atoms with Gasteiger partial charge in [0.25, 0.3) is 5.56 Å². The number of aromatic nitrogens is 2. The van der Waals surface area contributed by atoms with E-state index >= 15 is 0 Å². The highest BCUT2D eigenvalue weighted by Gasteiger charge is 2.22. The molecule has 1 aliphatic carbocycles. The minimum atomic E-state index is 0.0700. The van der Waals surface area contributed by atoms with Gasteiger partial charge in [0, 0.05) is 18.8 Å². The Hall–Kier alpha value is -0.990. The lowest BCUT2D eigenvalue weighted by atomic mass is 10.2. The Morgan fingerprint density at radius 3 is 2.91 bits per heavy atom. The quantitative estimate of drug-likeness (QED) is 0.664. The third kappa shape index (κ3) is 1.37. The van der Waals surface area contributed by atoms with E-state index in [1.807, 2.05) is 0 Å². The van der Waals surface area contributed by atoms with Crippen LogP contribution in [0.5, 0.6) is 0 Å². The van der Waals surface area contributed by atoms with Crippen LogP contribution in [0.3, 0.4) is 0 Å². The van der Waals surface area contributed by atoms with Gasteiger partial charge in [-0.1, -0.05) is 0 Å². The molecule has 0 atom stereocenters. The highest BCUT2D eigenvalue weighted by molar-refractivity contribution is 5.02. The number of hydrogen-bond donors (Lipinski definition) is 1. The van der Waals surface area contributed by atoms with Crippen LogP contribution in [-0.4, -0.2) is 9.78 Å². The van der Waals surface area contributed by atoms with Crippen molar-refractivity contribution in [2.45, 2.75) is 19.3 Å². The third-order valence-electron chi connectivity index (χ3n) is 2.15. The van der Waals surface area contributed by atoms with Crippen molar-refractivity contribution in [3.63, 3.8) is 0 Å². The summed E-state index contributed by atoms with van der Waals surface area (Å²) in [5, 5.41) is 3.02. The molecular formula is C8H12N2O. The summed E-state index contributed by atoms with van der Waals surface area (Å²) in [5.41, 5.74) is 1.15. The number of aromatic amines is 1. The SMILES string of the molecule is Cn1[nH]c(CC2CC2)cc1=O. The number of nitrogens with zero attached hydrogens (tertiary/aromatic N) is 1. The summed E-state index contributed by atoms with van der Waals surface area (Å²) in [6, 6.07) is 1.69. The molecule has 0 bridgehead atoms. The van der Waals surface area contributed by atoms with E-state index in [1.54, 1.807) is 13.1 Å². The van der Waals surface area contributed by atoms with Gasteiger partial charge < -0.3 is 0 Å². The maximum absolute atomic E-state index is 11.0. The lowest BCUT2D eigenvalue weighted by Crippen LogP contribution is -2.09. The van der Waals surface area contributed by atoms with Gasteiger partial charge in [-0.2, -0.15) is 0 Å². The van der Waals surface area contributed by atoms with E-state index in [4.69, 9.17) is 0 Å². The Balaban J connectivity index is 2.17. The number of nitrogens with one attached hydrogen (secondary N) is 1. The van der Waals surface area contributed by atoms with Crippen molar-refractivity contribution < 1.29 is 0 Å². The molecule has 0 aliphatic heterocycles. The summed E-state index contributed by atoms with van der Waals surface area (Å²) in [6.45, 7) is 0. The highest BCUT2D eigenvalue weighted by atomic mass is 16.1. The van der Waals surface area contributed by atoms with Crippen molar-refractivity contribution in [1.29, 1.82) is 0 Å². The van der Waals surface area contributed by atoms with E-state index in [2.05, 4.69) is 5.10 Å². The highest BCUT2D eigenvalue weighted by Crippen LogP contribution is 2.31. The third-order valence-corrected chi connectivity index (χ3v) is 2.15. The molecule has 0 spiro atoms. The number of aryl methyl sites for hydroxylation is 1. The van der Waals surface area contributed by atoms with Crippen LogP contribution in [-0.2, 0) is 13.5 Å². The second kappa shape index (κ2) is 2.26. The minimum Gasteiger partial charge on any atom is -0.300 e. The molecule has 1 aliphatic rings. The predicted molar refractivity (Wildman–Crippen MR) is 42.5 cm³/mol. The zero-order valence-corrected chi connectivity index (χ0v) is 6.63. The second-order valence-corrected chi connectivity index (χ2v) is 3.33. The largest absolute Gasteiger partial charge is 0.300 e. The van der Waals surface area contributed by atoms with Crippen molar-refractivity contribution in [2.75, 3.05) is 0 Å². The Morgan fingerprint density at radius 1 is 1.73 bits per heavy atom. The summed E-state index contributed by atoms with van der Waals surface area (Å²) in [7, 11) is 1.75. The smallest absolute Gasteiger partial charge is 0.266 e. The normalized spacial score (nSPS) is 17.2. The molecule has 0 amide bonds. The molecule has 0 radical (unpaired) electrons. The zero-order chi connectivity index (χ0) is 7.84. The first-order chi connectivity index (χ1) is 5.25. The monoisotopic (exact) mass is 152 g/mol. The van der Waals surface area contributed by atoms with E-state index in [-0.39, 0.29) is 5.56 Å². The molecule has 0 saturated heterocycles. The zero-order valence-electron chi connectivity index (χ0n) is 6.63. The van der Waals surface area contributed by atoms with Crippen LogP contribution in [0.4, 0.5) is 0 Å². The lowest BCUT2D eigenvalue weighted by molar-refractivity contribution is 0.701. The summed E-state index contributed by atoms with van der Waals surface area (Å²) in [5.74, 6) is 0.841. The summed E-state index contributed by atoms with van der Waals surface area (Å²) in [6.07, 6.45) is 3.71. The van der Waals surface area contributed by atoms with Gasteiger partial charge in [0.1, 0.15) is 0 Å². The van der Waals surface area contributed by atoms with Crippen molar-refractivity contribution in [1.82, 2.24) is 9.78 Å². The first-order valence-corrected chi connectivity index (χ1v) is 4.00. The van der Waals surface area contributed by atoms with E-state index in [0.717, 1.165) is 18.0 Å². The Kier molecular flexibility index (Phi) is 1.37. The Bertz CT molecular complexity index is 306. The molecule has 1 saturated carbocycles. The number of hydrogen-bond acceptors (Lipinski definition) is 1. The summed E-state index contributed by atoms with van der Waals surface area (Å²) in [4.78, 5) is 11.0. The molecule has 1 aromatic heterocycles. The molecule has 2 rings (SSSR count). The van der Waals surface area contributed by atoms with Crippen LogP contribution in [0.25, 0.3) is 0 Å². The van der Waals surface area contributed by atoms with Gasteiger partial charge >= 0.3 is 0 Å². The molecule has 1 fully saturated rings. The van der Waals surface area contributed by atoms with Crippen molar-refractivity contribution >= 4 is 0 Å². The Labute approximate surface area is 65.0 Å². The fourth-order valence-electron chi connectivity index (χ4n) is 1.29. The molecule has 3 nitrogen and oxygen atoms in total. The molecule has 1 heterocycles. The van der Waals surface area contributed by atoms with Crippen molar-refractivity contribution in [3.05, 3.63) is 22.1 Å². The molecule has 1 N–H and O–H groups in total.